The van der Waals surface area contributed by atoms with E-state index < -0.39 is 53.9 Å². The van der Waals surface area contributed by atoms with Gasteiger partial charge in [0.1, 0.15) is 11.8 Å². The van der Waals surface area contributed by atoms with Gasteiger partial charge in [0.05, 0.1) is 57.4 Å². The zero-order chi connectivity index (χ0) is 35.5. The molecule has 4 N–H and O–H groups in total. The van der Waals surface area contributed by atoms with Crippen LogP contribution < -0.4 is 11.1 Å². The standard InChI is InChI=1S/C34H48N4O10/c1-19-15-23-29(40)27(24(30(41)32(23)46-7)18-36-38-11-13-47-14-12-38)37-33(42)20(2)9-8-10-25(44-5)31(48-34(35)43)22(4)17-21(3)28(39)26(16-19)45-6/h8-10,17-19,21,25-26,28,31,39H,11-16H2,1-7H3,(H2,35,43)(H,37,42)/b10-8-,20-9+,22-17+,36-18+/t19?,21-,25-,26?,28+,31-/m1/s1. The van der Waals surface area contributed by atoms with E-state index in [2.05, 4.69) is 10.4 Å². The Hall–Kier alpha value is -4.11. The lowest BCUT2D eigenvalue weighted by Gasteiger charge is -2.30. The predicted octanol–water partition coefficient (Wildman–Crippen LogP) is 2.10. The van der Waals surface area contributed by atoms with Crippen molar-refractivity contribution in [1.82, 2.24) is 10.3 Å². The Kier molecular flexibility index (Phi) is 14.3. The van der Waals surface area contributed by atoms with E-state index in [1.54, 1.807) is 37.1 Å². The highest BCUT2D eigenvalue weighted by Gasteiger charge is 2.38. The number of Topliss-reactive ketones (excluding diaryl/α,β-unsaturated/α-hetero) is 2. The minimum absolute atomic E-state index is 0.0933. The second-order valence-corrected chi connectivity index (χ2v) is 12.1. The van der Waals surface area contributed by atoms with Crippen LogP contribution >= 0.6 is 0 Å². The third kappa shape index (κ3) is 9.72. The lowest BCUT2D eigenvalue weighted by molar-refractivity contribution is -0.121. The van der Waals surface area contributed by atoms with Gasteiger partial charge >= 0.3 is 6.09 Å². The molecule has 2 heterocycles. The number of hydrogen-bond acceptors (Lipinski definition) is 12. The maximum absolute atomic E-state index is 14.1. The first kappa shape index (κ1) is 38.3. The van der Waals surface area contributed by atoms with E-state index in [4.69, 9.17) is 29.4 Å². The predicted molar refractivity (Wildman–Crippen MR) is 176 cm³/mol. The SMILES string of the molecule is COC1=C2CC(C)CC(OC)[C@@H](O)[C@H](C)/C=C(\C)[C@@H](OC(N)=O)[C@H](OC)/C=C\C=C(/C)C(=O)NC(=C(/C=N/N3CCOCC3)C1=O)C2=O. The van der Waals surface area contributed by atoms with Crippen LogP contribution in [-0.4, -0.2) is 112 Å². The quantitative estimate of drug-likeness (QED) is 0.213. The van der Waals surface area contributed by atoms with Gasteiger partial charge in [-0.25, -0.2) is 4.79 Å². The number of nitrogens with two attached hydrogens (primary N) is 1. The van der Waals surface area contributed by atoms with Crippen molar-refractivity contribution in [3.05, 3.63) is 58.1 Å². The molecule has 264 valence electrons. The second kappa shape index (κ2) is 17.9. The molecule has 3 aliphatic rings. The first-order chi connectivity index (χ1) is 22.8. The van der Waals surface area contributed by atoms with E-state index in [9.17, 15) is 24.3 Å². The van der Waals surface area contributed by atoms with E-state index in [0.29, 0.717) is 38.3 Å². The fourth-order valence-electron chi connectivity index (χ4n) is 5.80. The molecule has 0 aromatic carbocycles. The fraction of sp³-hybridized carbons (Fsp3) is 0.559. The number of nitrogens with zero attached hydrogens (tertiary/aromatic N) is 2. The number of carbonyl (C=O) groups is 4. The molecule has 0 aromatic rings. The Labute approximate surface area is 281 Å². The van der Waals surface area contributed by atoms with Crippen LogP contribution in [0.4, 0.5) is 4.79 Å². The molecular formula is C34H48N4O10. The number of amides is 2. The molecule has 0 aromatic heterocycles. The number of methoxy groups -OCH3 is 3. The summed E-state index contributed by atoms with van der Waals surface area (Å²) in [7, 11) is 4.22. The van der Waals surface area contributed by atoms with E-state index in [1.165, 1.54) is 40.5 Å². The van der Waals surface area contributed by atoms with Gasteiger partial charge in [-0.2, -0.15) is 5.10 Å². The van der Waals surface area contributed by atoms with Gasteiger partial charge in [-0.1, -0.05) is 38.2 Å². The van der Waals surface area contributed by atoms with Crippen molar-refractivity contribution in [1.29, 1.82) is 0 Å². The summed E-state index contributed by atoms with van der Waals surface area (Å²) in [5.74, 6) is -2.70. The van der Waals surface area contributed by atoms with Crippen molar-refractivity contribution >= 4 is 29.8 Å². The summed E-state index contributed by atoms with van der Waals surface area (Å²) in [4.78, 5) is 53.2. The van der Waals surface area contributed by atoms with Gasteiger partial charge in [0.25, 0.3) is 5.91 Å². The fourth-order valence-corrected chi connectivity index (χ4v) is 5.80. The number of ketones is 2. The Morgan fingerprint density at radius 2 is 1.79 bits per heavy atom. The van der Waals surface area contributed by atoms with Gasteiger partial charge in [0, 0.05) is 31.3 Å². The Balaban J connectivity index is 2.15. The molecule has 2 amide bonds. The maximum Gasteiger partial charge on any atom is 0.405 e. The van der Waals surface area contributed by atoms with Gasteiger partial charge in [-0.05, 0) is 38.2 Å². The third-order valence-electron chi connectivity index (χ3n) is 8.48. The normalized spacial score (nSPS) is 31.6. The summed E-state index contributed by atoms with van der Waals surface area (Å²) < 4.78 is 27.5. The van der Waals surface area contributed by atoms with E-state index >= 15 is 0 Å². The minimum atomic E-state index is -1.01. The van der Waals surface area contributed by atoms with Gasteiger partial charge in [0.15, 0.2) is 11.9 Å². The van der Waals surface area contributed by atoms with Crippen molar-refractivity contribution in [2.24, 2.45) is 22.7 Å². The molecule has 1 aliphatic carbocycles. The van der Waals surface area contributed by atoms with E-state index in [-0.39, 0.29) is 40.5 Å². The summed E-state index contributed by atoms with van der Waals surface area (Å²) >= 11 is 0. The summed E-state index contributed by atoms with van der Waals surface area (Å²) in [6.07, 6.45) is 3.60. The Morgan fingerprint density at radius 1 is 1.10 bits per heavy atom. The van der Waals surface area contributed by atoms with Crippen LogP contribution in [0.25, 0.3) is 0 Å². The molecular weight excluding hydrogens is 624 g/mol. The Bertz CT molecular complexity index is 1410. The van der Waals surface area contributed by atoms with Gasteiger partial charge in [-0.15, -0.1) is 0 Å². The van der Waals surface area contributed by atoms with Gasteiger partial charge in [-0.3, -0.25) is 19.4 Å². The highest BCUT2D eigenvalue weighted by atomic mass is 16.6. The number of nitrogens with one attached hydrogen (secondary N) is 1. The molecule has 0 saturated carbocycles. The number of allylic oxidation sites excluding steroid dienone is 4. The zero-order valence-corrected chi connectivity index (χ0v) is 28.7. The Morgan fingerprint density at radius 3 is 2.40 bits per heavy atom. The summed E-state index contributed by atoms with van der Waals surface area (Å²) in [6.45, 7) is 8.82. The summed E-state index contributed by atoms with van der Waals surface area (Å²) in [5.41, 5.74) is 5.91. The number of carbonyl (C=O) groups excluding carboxylic acids is 4. The maximum atomic E-state index is 14.1. The van der Waals surface area contributed by atoms with Crippen LogP contribution in [0.3, 0.4) is 0 Å². The number of aliphatic hydroxyl groups is 1. The van der Waals surface area contributed by atoms with E-state index in [0.717, 1.165) is 0 Å². The van der Waals surface area contributed by atoms with Crippen LogP contribution in [0.5, 0.6) is 0 Å². The lowest BCUT2D eigenvalue weighted by Crippen LogP contribution is -2.38. The monoisotopic (exact) mass is 672 g/mol. The molecule has 2 aliphatic heterocycles. The summed E-state index contributed by atoms with van der Waals surface area (Å²) in [6, 6.07) is 0. The number of aliphatic hydroxyl groups excluding tert-OH is 1. The van der Waals surface area contributed by atoms with Crippen LogP contribution in [0.2, 0.25) is 0 Å². The lowest BCUT2D eigenvalue weighted by atomic mass is 9.84. The second-order valence-electron chi connectivity index (χ2n) is 12.1. The van der Waals surface area contributed by atoms with Crippen molar-refractivity contribution in [2.45, 2.75) is 65.0 Å². The molecule has 2 unspecified atom stereocenters. The van der Waals surface area contributed by atoms with Crippen LogP contribution in [0.15, 0.2) is 63.2 Å². The molecule has 14 nitrogen and oxygen atoms in total. The van der Waals surface area contributed by atoms with Crippen molar-refractivity contribution < 1.29 is 48.0 Å². The number of hydrazone groups is 1. The van der Waals surface area contributed by atoms with Crippen molar-refractivity contribution in [2.75, 3.05) is 47.6 Å². The van der Waals surface area contributed by atoms with Crippen molar-refractivity contribution in [3.63, 3.8) is 0 Å². The topological polar surface area (TPSA) is 188 Å². The number of primary amides is 1. The third-order valence-corrected chi connectivity index (χ3v) is 8.48. The molecule has 14 heteroatoms. The number of morpholine rings is 1. The molecule has 0 radical (unpaired) electrons. The number of hydrogen-bond donors (Lipinski definition) is 3. The van der Waals surface area contributed by atoms with Crippen molar-refractivity contribution in [3.8, 4) is 0 Å². The first-order valence-corrected chi connectivity index (χ1v) is 15.8. The number of ether oxygens (including phenoxy) is 5. The van der Waals surface area contributed by atoms with Crippen LogP contribution in [0.1, 0.15) is 40.5 Å². The number of rotatable bonds is 6. The van der Waals surface area contributed by atoms with E-state index in [1.807, 2.05) is 6.92 Å². The highest BCUT2D eigenvalue weighted by molar-refractivity contribution is 6.32. The minimum Gasteiger partial charge on any atom is -0.492 e. The van der Waals surface area contributed by atoms with Crippen LogP contribution in [-0.2, 0) is 38.1 Å². The molecule has 3 rings (SSSR count). The molecule has 2 bridgehead atoms. The smallest absolute Gasteiger partial charge is 0.405 e. The van der Waals surface area contributed by atoms with Gasteiger partial charge in [0.2, 0.25) is 11.6 Å². The van der Waals surface area contributed by atoms with Crippen LogP contribution in [0, 0.1) is 11.8 Å². The average molecular weight is 673 g/mol. The number of fused-ring (bicyclic) bond motifs is 2. The zero-order valence-electron chi connectivity index (χ0n) is 28.7. The first-order valence-electron chi connectivity index (χ1n) is 15.8. The molecule has 1 fully saturated rings. The highest BCUT2D eigenvalue weighted by Crippen LogP contribution is 2.31. The summed E-state index contributed by atoms with van der Waals surface area (Å²) in [5, 5.41) is 20.1. The molecule has 0 spiro atoms. The average Bonchev–Trinajstić information content (AvgIpc) is 3.06. The largest absolute Gasteiger partial charge is 0.492 e. The molecule has 1 saturated heterocycles. The van der Waals surface area contributed by atoms with Gasteiger partial charge < -0.3 is 39.8 Å². The molecule has 48 heavy (non-hydrogen) atoms. The molecule has 6 atom stereocenters.